The van der Waals surface area contributed by atoms with Crippen molar-refractivity contribution in [2.45, 2.75) is 19.9 Å². The molecule has 7 nitrogen and oxygen atoms in total. The zero-order valence-corrected chi connectivity index (χ0v) is 13.0. The van der Waals surface area contributed by atoms with Gasteiger partial charge in [-0.15, -0.1) is 0 Å². The Bertz CT molecular complexity index is 916. The third-order valence-corrected chi connectivity index (χ3v) is 3.36. The zero-order valence-electron chi connectivity index (χ0n) is 13.0. The number of anilines is 1. The van der Waals surface area contributed by atoms with Crippen LogP contribution in [0.1, 0.15) is 17.8 Å². The van der Waals surface area contributed by atoms with Crippen molar-refractivity contribution >= 4 is 17.3 Å². The number of rotatable bonds is 5. The van der Waals surface area contributed by atoms with Crippen LogP contribution in [0.5, 0.6) is 0 Å². The predicted octanol–water partition coefficient (Wildman–Crippen LogP) is 3.37. The van der Waals surface area contributed by atoms with Crippen LogP contribution < -0.4 is 5.32 Å². The molecule has 0 fully saturated rings. The van der Waals surface area contributed by atoms with E-state index in [-0.39, 0.29) is 0 Å². The third kappa shape index (κ3) is 3.54. The molecule has 0 spiro atoms. The molecule has 2 rings (SSSR count). The van der Waals surface area contributed by atoms with E-state index in [9.17, 15) is 45.6 Å². The first-order chi connectivity index (χ1) is 12.5. The molecule has 0 aliphatic heterocycles. The highest BCUT2D eigenvalue weighted by Gasteiger charge is 2.32. The van der Waals surface area contributed by atoms with Gasteiger partial charge in [-0.05, 0) is 6.92 Å². The van der Waals surface area contributed by atoms with Crippen LogP contribution in [-0.4, -0.2) is 20.6 Å². The van der Waals surface area contributed by atoms with E-state index in [4.69, 9.17) is 0 Å². The van der Waals surface area contributed by atoms with Crippen LogP contribution >= 0.6 is 0 Å². The fourth-order valence-corrected chi connectivity index (χ4v) is 2.12. The quantitative estimate of drug-likeness (QED) is 0.274. The van der Waals surface area contributed by atoms with Crippen LogP contribution in [0.2, 0.25) is 0 Å². The van der Waals surface area contributed by atoms with E-state index < -0.39 is 75.6 Å². The fraction of sp³-hybridized carbons (Fsp3) is 0.231. The van der Waals surface area contributed by atoms with Gasteiger partial charge in [-0.1, -0.05) is 0 Å². The number of hydrogen-bond acceptors (Lipinski definition) is 4. The molecule has 0 bridgehead atoms. The maximum absolute atomic E-state index is 13.5. The molecule has 27 heavy (non-hydrogen) atoms. The van der Waals surface area contributed by atoms with E-state index in [0.29, 0.717) is 4.68 Å². The first-order valence-electron chi connectivity index (χ1n) is 6.78. The second-order valence-corrected chi connectivity index (χ2v) is 5.03. The first-order valence-corrected chi connectivity index (χ1v) is 6.78. The number of carbonyl (C=O) groups is 1. The lowest BCUT2D eigenvalue weighted by molar-refractivity contribution is -0.386. The van der Waals surface area contributed by atoms with Crippen LogP contribution in [0.15, 0.2) is 0 Å². The number of halogens is 7. The van der Waals surface area contributed by atoms with Crippen molar-refractivity contribution in [3.63, 3.8) is 0 Å². The average Bonchev–Trinajstić information content (AvgIpc) is 2.92. The second-order valence-electron chi connectivity index (χ2n) is 5.03. The zero-order chi connectivity index (χ0) is 20.6. The van der Waals surface area contributed by atoms with Gasteiger partial charge in [0.25, 0.3) is 6.43 Å². The molecule has 146 valence electrons. The Morgan fingerprint density at radius 3 is 2.00 bits per heavy atom. The molecule has 2 aromatic rings. The largest absolute Gasteiger partial charge is 0.319 e. The number of alkyl halides is 2. The lowest BCUT2D eigenvalue weighted by atomic mass is 10.2. The van der Waals surface area contributed by atoms with Gasteiger partial charge in [0.1, 0.15) is 17.9 Å². The van der Waals surface area contributed by atoms with E-state index in [1.54, 1.807) is 0 Å². The van der Waals surface area contributed by atoms with Crippen molar-refractivity contribution < 1.29 is 40.5 Å². The van der Waals surface area contributed by atoms with E-state index in [1.165, 1.54) is 5.32 Å². The maximum Gasteiger partial charge on any atom is 0.319 e. The molecular weight excluding hydrogens is 393 g/mol. The summed E-state index contributed by atoms with van der Waals surface area (Å²) < 4.78 is 92.2. The normalized spacial score (nSPS) is 11.1. The van der Waals surface area contributed by atoms with Crippen LogP contribution in [0.4, 0.5) is 42.1 Å². The highest BCUT2D eigenvalue weighted by atomic mass is 19.3. The summed E-state index contributed by atoms with van der Waals surface area (Å²) in [6.07, 6.45) is -3.36. The number of aromatic nitrogens is 2. The van der Waals surface area contributed by atoms with Gasteiger partial charge < -0.3 is 5.32 Å². The summed E-state index contributed by atoms with van der Waals surface area (Å²) in [6, 6.07) is 0. The summed E-state index contributed by atoms with van der Waals surface area (Å²) in [5, 5.41) is 15.4. The molecule has 14 heteroatoms. The lowest BCUT2D eigenvalue weighted by Gasteiger charge is -2.10. The Balaban J connectivity index is 2.36. The lowest BCUT2D eigenvalue weighted by Crippen LogP contribution is -2.22. The Hall–Kier alpha value is -3.19. The molecule has 1 heterocycles. The molecule has 0 radical (unpaired) electrons. The Labute approximate surface area is 144 Å². The highest BCUT2D eigenvalue weighted by Crippen LogP contribution is 2.31. The van der Waals surface area contributed by atoms with Crippen molar-refractivity contribution in [2.75, 3.05) is 5.32 Å². The van der Waals surface area contributed by atoms with Crippen LogP contribution in [0.3, 0.4) is 0 Å². The summed E-state index contributed by atoms with van der Waals surface area (Å²) in [5.41, 5.74) is -4.47. The van der Waals surface area contributed by atoms with Gasteiger partial charge in [-0.2, -0.15) is 5.10 Å². The molecule has 1 aromatic carbocycles. The number of nitrogens with one attached hydrogen (secondary N) is 1. The highest BCUT2D eigenvalue weighted by molar-refractivity contribution is 5.90. The van der Waals surface area contributed by atoms with Gasteiger partial charge >= 0.3 is 5.69 Å². The monoisotopic (exact) mass is 400 g/mol. The number of nitro groups is 1. The standard InChI is InChI=1S/C13H7F7N4O3/c1-3-12(24(26)27)11(13(19)20)22-23(3)2-4(25)21-10-8(17)6(15)5(14)7(16)9(10)18/h13H,2H2,1H3,(H,21,25). The number of amides is 1. The molecule has 0 saturated heterocycles. The first kappa shape index (κ1) is 20.1. The van der Waals surface area contributed by atoms with Crippen molar-refractivity contribution in [3.05, 3.63) is 50.6 Å². The predicted molar refractivity (Wildman–Crippen MR) is 73.4 cm³/mol. The molecule has 0 atom stereocenters. The van der Waals surface area contributed by atoms with Gasteiger partial charge in [0, 0.05) is 0 Å². The van der Waals surface area contributed by atoms with E-state index in [2.05, 4.69) is 5.10 Å². The van der Waals surface area contributed by atoms with E-state index in [0.717, 1.165) is 6.92 Å². The molecule has 1 N–H and O–H groups in total. The Morgan fingerprint density at radius 1 is 1.11 bits per heavy atom. The summed E-state index contributed by atoms with van der Waals surface area (Å²) >= 11 is 0. The van der Waals surface area contributed by atoms with Crippen molar-refractivity contribution in [3.8, 4) is 0 Å². The number of hydrogen-bond donors (Lipinski definition) is 1. The van der Waals surface area contributed by atoms with Crippen molar-refractivity contribution in [2.24, 2.45) is 0 Å². The van der Waals surface area contributed by atoms with E-state index >= 15 is 0 Å². The Morgan fingerprint density at radius 2 is 1.59 bits per heavy atom. The average molecular weight is 400 g/mol. The third-order valence-electron chi connectivity index (χ3n) is 3.36. The molecular formula is C13H7F7N4O3. The van der Waals surface area contributed by atoms with Gasteiger partial charge in [-0.25, -0.2) is 30.7 Å². The van der Waals surface area contributed by atoms with E-state index in [1.807, 2.05) is 0 Å². The minimum absolute atomic E-state index is 0.432. The molecule has 0 aliphatic rings. The van der Waals surface area contributed by atoms with Crippen molar-refractivity contribution in [1.29, 1.82) is 0 Å². The Kier molecular flexibility index (Phi) is 5.37. The maximum atomic E-state index is 13.5. The summed E-state index contributed by atoms with van der Waals surface area (Å²) in [4.78, 5) is 21.5. The second kappa shape index (κ2) is 7.20. The molecule has 0 aliphatic carbocycles. The SMILES string of the molecule is Cc1c([N+](=O)[O-])c(C(F)F)nn1CC(=O)Nc1c(F)c(F)c(F)c(F)c1F. The van der Waals surface area contributed by atoms with Crippen LogP contribution in [-0.2, 0) is 11.3 Å². The summed E-state index contributed by atoms with van der Waals surface area (Å²) in [5.74, 6) is -13.1. The molecule has 0 saturated carbocycles. The van der Waals surface area contributed by atoms with Gasteiger partial charge in [0.2, 0.25) is 17.4 Å². The number of benzene rings is 1. The van der Waals surface area contributed by atoms with Crippen LogP contribution in [0, 0.1) is 46.1 Å². The van der Waals surface area contributed by atoms with Gasteiger partial charge in [0.05, 0.1) is 4.92 Å². The molecule has 1 amide bonds. The molecule has 0 unspecified atom stereocenters. The van der Waals surface area contributed by atoms with Gasteiger partial charge in [-0.3, -0.25) is 19.6 Å². The minimum Gasteiger partial charge on any atom is -0.319 e. The smallest absolute Gasteiger partial charge is 0.319 e. The van der Waals surface area contributed by atoms with Crippen molar-refractivity contribution in [1.82, 2.24) is 9.78 Å². The van der Waals surface area contributed by atoms with Gasteiger partial charge in [0.15, 0.2) is 23.3 Å². The number of carbonyl (C=O) groups excluding carboxylic acids is 1. The topological polar surface area (TPSA) is 90.1 Å². The summed E-state index contributed by atoms with van der Waals surface area (Å²) in [6.45, 7) is -0.0957. The minimum atomic E-state index is -3.36. The number of nitrogens with zero attached hydrogens (tertiary/aromatic N) is 3. The fourth-order valence-electron chi connectivity index (χ4n) is 2.12. The molecule has 1 aromatic heterocycles. The van der Waals surface area contributed by atoms with Crippen LogP contribution in [0.25, 0.3) is 0 Å². The summed E-state index contributed by atoms with van der Waals surface area (Å²) in [7, 11) is 0.